The molecule has 0 saturated carbocycles. The van der Waals surface area contributed by atoms with Crippen LogP contribution >= 0.6 is 11.6 Å². The maximum absolute atomic E-state index is 13.5. The number of ether oxygens (including phenoxy) is 3. The molecule has 0 atom stereocenters. The molecular formula is C32H35ClN6O4. The van der Waals surface area contributed by atoms with Gasteiger partial charge in [-0.15, -0.1) is 0 Å². The molecule has 1 fully saturated rings. The van der Waals surface area contributed by atoms with Crippen molar-refractivity contribution in [3.05, 3.63) is 82.5 Å². The van der Waals surface area contributed by atoms with Crippen molar-refractivity contribution in [1.82, 2.24) is 14.9 Å². The average molecular weight is 603 g/mol. The molecule has 1 aliphatic heterocycles. The molecule has 11 heteroatoms. The highest BCUT2D eigenvalue weighted by atomic mass is 35.5. The number of benzene rings is 3. The van der Waals surface area contributed by atoms with Crippen LogP contribution in [-0.4, -0.2) is 68.2 Å². The molecule has 0 aliphatic carbocycles. The van der Waals surface area contributed by atoms with E-state index >= 15 is 0 Å². The fraction of sp³-hybridized carbons (Fsp3) is 0.281. The molecular weight excluding hydrogens is 568 g/mol. The van der Waals surface area contributed by atoms with Crippen molar-refractivity contribution in [2.45, 2.75) is 13.8 Å². The van der Waals surface area contributed by atoms with E-state index in [0.717, 1.165) is 60.1 Å². The molecule has 1 saturated heterocycles. The number of aromatic nitrogens is 2. The number of likely N-dealkylation sites (N-methyl/N-ethyl adjacent to an activating group) is 1. The lowest BCUT2D eigenvalue weighted by Gasteiger charge is -2.34. The fourth-order valence-electron chi connectivity index (χ4n) is 4.88. The third-order valence-electron chi connectivity index (χ3n) is 7.33. The summed E-state index contributed by atoms with van der Waals surface area (Å²) in [6.45, 7) is 7.69. The molecule has 0 unspecified atom stereocenters. The molecule has 1 aromatic heterocycles. The van der Waals surface area contributed by atoms with Crippen LogP contribution in [0.25, 0.3) is 0 Å². The number of amides is 1. The van der Waals surface area contributed by atoms with E-state index in [1.54, 1.807) is 25.3 Å². The second-order valence-electron chi connectivity index (χ2n) is 10.3. The molecule has 43 heavy (non-hydrogen) atoms. The fourth-order valence-corrected chi connectivity index (χ4v) is 5.04. The van der Waals surface area contributed by atoms with Gasteiger partial charge in [0.25, 0.3) is 5.91 Å². The molecule has 2 N–H and O–H groups in total. The van der Waals surface area contributed by atoms with Crippen molar-refractivity contribution in [3.63, 3.8) is 0 Å². The molecule has 1 aliphatic rings. The Kier molecular flexibility index (Phi) is 9.18. The zero-order valence-corrected chi connectivity index (χ0v) is 25.7. The largest absolute Gasteiger partial charge is 0.495 e. The predicted molar refractivity (Wildman–Crippen MR) is 170 cm³/mol. The maximum Gasteiger partial charge on any atom is 0.262 e. The number of nitrogens with one attached hydrogen (secondary N) is 2. The second-order valence-corrected chi connectivity index (χ2v) is 10.8. The summed E-state index contributed by atoms with van der Waals surface area (Å²) in [5, 5.41) is 6.69. The van der Waals surface area contributed by atoms with Gasteiger partial charge >= 0.3 is 0 Å². The molecule has 2 heterocycles. The van der Waals surface area contributed by atoms with E-state index in [9.17, 15) is 4.79 Å². The molecule has 0 bridgehead atoms. The Morgan fingerprint density at radius 1 is 0.907 bits per heavy atom. The van der Waals surface area contributed by atoms with Crippen LogP contribution < -0.4 is 29.7 Å². The topological polar surface area (TPSA) is 101 Å². The Labute approximate surface area is 256 Å². The molecule has 5 rings (SSSR count). The first kappa shape index (κ1) is 29.9. The molecule has 3 aromatic carbocycles. The minimum atomic E-state index is -0.412. The van der Waals surface area contributed by atoms with Gasteiger partial charge in [-0.1, -0.05) is 29.8 Å². The summed E-state index contributed by atoms with van der Waals surface area (Å²) in [6.07, 6.45) is 1.44. The number of anilines is 4. The van der Waals surface area contributed by atoms with Crippen molar-refractivity contribution in [2.75, 3.05) is 63.0 Å². The first-order valence-electron chi connectivity index (χ1n) is 13.9. The summed E-state index contributed by atoms with van der Waals surface area (Å²) < 4.78 is 17.3. The first-order valence-corrected chi connectivity index (χ1v) is 14.3. The Balaban J connectivity index is 1.46. The molecule has 1 amide bonds. The van der Waals surface area contributed by atoms with Crippen LogP contribution in [0.15, 0.2) is 60.8 Å². The zero-order valence-electron chi connectivity index (χ0n) is 24.9. The van der Waals surface area contributed by atoms with Gasteiger partial charge in [-0.2, -0.15) is 4.98 Å². The lowest BCUT2D eigenvalue weighted by Crippen LogP contribution is -2.44. The van der Waals surface area contributed by atoms with E-state index in [2.05, 4.69) is 37.4 Å². The number of methoxy groups -OCH3 is 2. The summed E-state index contributed by atoms with van der Waals surface area (Å²) in [6, 6.07) is 16.6. The van der Waals surface area contributed by atoms with Crippen LogP contribution in [0.3, 0.4) is 0 Å². The van der Waals surface area contributed by atoms with Crippen molar-refractivity contribution < 1.29 is 19.0 Å². The second kappa shape index (κ2) is 13.2. The zero-order chi connectivity index (χ0) is 30.5. The number of rotatable bonds is 9. The van der Waals surface area contributed by atoms with Crippen molar-refractivity contribution in [1.29, 1.82) is 0 Å². The van der Waals surface area contributed by atoms with E-state index < -0.39 is 5.91 Å². The minimum absolute atomic E-state index is 0.0443. The van der Waals surface area contributed by atoms with Gasteiger partial charge in [0.2, 0.25) is 11.8 Å². The maximum atomic E-state index is 13.5. The standard InChI is InChI=1S/C32H35ClN6O4/c1-20-7-6-8-21(2)29(20)36-30(40)24-19-34-32(37-31(24)43-26-12-9-22(33)17-28(26)42-5)35-23-10-11-25(27(18-23)41-4)39-15-13-38(3)14-16-39/h6-12,17-19H,13-16H2,1-5H3,(H,36,40)(H,34,35,37). The summed E-state index contributed by atoms with van der Waals surface area (Å²) in [5.41, 5.74) is 4.48. The van der Waals surface area contributed by atoms with E-state index in [1.807, 2.05) is 50.2 Å². The minimum Gasteiger partial charge on any atom is -0.495 e. The van der Waals surface area contributed by atoms with Crippen LogP contribution in [0.1, 0.15) is 21.5 Å². The normalized spacial score (nSPS) is 13.4. The number of aryl methyl sites for hydroxylation is 2. The Hall–Kier alpha value is -4.54. The van der Waals surface area contributed by atoms with Crippen LogP contribution in [0.5, 0.6) is 23.1 Å². The van der Waals surface area contributed by atoms with Crippen LogP contribution in [-0.2, 0) is 0 Å². The number of para-hydroxylation sites is 1. The van der Waals surface area contributed by atoms with E-state index in [1.165, 1.54) is 13.3 Å². The number of carbonyl (C=O) groups excluding carboxylic acids is 1. The molecule has 10 nitrogen and oxygen atoms in total. The van der Waals surface area contributed by atoms with Crippen LogP contribution in [0, 0.1) is 13.8 Å². The first-order chi connectivity index (χ1) is 20.7. The van der Waals surface area contributed by atoms with E-state index in [0.29, 0.717) is 16.5 Å². The number of nitrogens with zero attached hydrogens (tertiary/aromatic N) is 4. The Morgan fingerprint density at radius 2 is 1.63 bits per heavy atom. The van der Waals surface area contributed by atoms with Gasteiger partial charge in [-0.25, -0.2) is 4.98 Å². The number of piperazine rings is 1. The molecule has 224 valence electrons. The van der Waals surface area contributed by atoms with Crippen LogP contribution in [0.2, 0.25) is 5.02 Å². The highest BCUT2D eigenvalue weighted by Gasteiger charge is 2.21. The van der Waals surface area contributed by atoms with Crippen molar-refractivity contribution >= 4 is 40.5 Å². The van der Waals surface area contributed by atoms with E-state index in [-0.39, 0.29) is 17.4 Å². The third-order valence-corrected chi connectivity index (χ3v) is 7.57. The quantitative estimate of drug-likeness (QED) is 0.228. The summed E-state index contributed by atoms with van der Waals surface area (Å²) in [7, 11) is 5.30. The van der Waals surface area contributed by atoms with Gasteiger partial charge in [0.1, 0.15) is 11.3 Å². The lowest BCUT2D eigenvalue weighted by molar-refractivity contribution is 0.102. The van der Waals surface area contributed by atoms with Gasteiger partial charge in [-0.3, -0.25) is 4.79 Å². The van der Waals surface area contributed by atoms with Crippen molar-refractivity contribution in [3.8, 4) is 23.1 Å². The summed E-state index contributed by atoms with van der Waals surface area (Å²) in [5.74, 6) is 1.34. The SMILES string of the molecule is COc1cc(Cl)ccc1Oc1nc(Nc2ccc(N3CCN(C)CC3)c(OC)c2)ncc1C(=O)Nc1c(C)cccc1C. The average Bonchev–Trinajstić information content (AvgIpc) is 3.00. The summed E-state index contributed by atoms with van der Waals surface area (Å²) in [4.78, 5) is 27.2. The van der Waals surface area contributed by atoms with Crippen LogP contribution in [0.4, 0.5) is 23.0 Å². The smallest absolute Gasteiger partial charge is 0.262 e. The number of hydrogen-bond acceptors (Lipinski definition) is 9. The monoisotopic (exact) mass is 602 g/mol. The Bertz CT molecular complexity index is 1600. The Morgan fingerprint density at radius 3 is 2.33 bits per heavy atom. The van der Waals surface area contributed by atoms with Gasteiger partial charge in [0, 0.05) is 60.9 Å². The highest BCUT2D eigenvalue weighted by molar-refractivity contribution is 6.30. The predicted octanol–water partition coefficient (Wildman–Crippen LogP) is 6.30. The molecule has 0 spiro atoms. The summed E-state index contributed by atoms with van der Waals surface area (Å²) >= 11 is 6.16. The van der Waals surface area contributed by atoms with Gasteiger partial charge in [-0.05, 0) is 56.3 Å². The molecule has 4 aromatic rings. The van der Waals surface area contributed by atoms with Gasteiger partial charge in [0.05, 0.1) is 19.9 Å². The van der Waals surface area contributed by atoms with Gasteiger partial charge in [0.15, 0.2) is 11.5 Å². The third kappa shape index (κ3) is 6.93. The molecule has 0 radical (unpaired) electrons. The highest BCUT2D eigenvalue weighted by Crippen LogP contribution is 2.36. The van der Waals surface area contributed by atoms with Gasteiger partial charge < -0.3 is 34.6 Å². The number of carbonyl (C=O) groups is 1. The number of halogens is 1. The lowest BCUT2D eigenvalue weighted by atomic mass is 10.1. The number of hydrogen-bond donors (Lipinski definition) is 2. The van der Waals surface area contributed by atoms with E-state index in [4.69, 9.17) is 25.8 Å². The van der Waals surface area contributed by atoms with Crippen molar-refractivity contribution in [2.24, 2.45) is 0 Å².